The maximum Gasteiger partial charge on any atom is 0.195 e. The Balaban J connectivity index is 2.23. The molecule has 0 aliphatic carbocycles. The van der Waals surface area contributed by atoms with E-state index in [1.165, 1.54) is 5.69 Å². The third-order valence-corrected chi connectivity index (χ3v) is 5.16. The molecule has 1 unspecified atom stereocenters. The van der Waals surface area contributed by atoms with E-state index < -0.39 is 0 Å². The molecule has 1 N–H and O–H groups in total. The summed E-state index contributed by atoms with van der Waals surface area (Å²) in [5.41, 5.74) is 1.27. The highest BCUT2D eigenvalue weighted by molar-refractivity contribution is 7.98. The highest BCUT2D eigenvalue weighted by Crippen LogP contribution is 2.25. The molecular formula is C15H26N4S2. The lowest BCUT2D eigenvalue weighted by molar-refractivity contribution is 0.546. The number of fused-ring (bicyclic) bond motifs is 1. The van der Waals surface area contributed by atoms with E-state index in [4.69, 9.17) is 4.98 Å². The number of nitrogens with one attached hydrogen (secondary N) is 1. The van der Waals surface area contributed by atoms with Gasteiger partial charge in [0.05, 0.1) is 5.69 Å². The van der Waals surface area contributed by atoms with E-state index in [1.54, 1.807) is 11.3 Å². The van der Waals surface area contributed by atoms with Crippen LogP contribution in [0.25, 0.3) is 4.96 Å². The predicted molar refractivity (Wildman–Crippen MR) is 95.9 cm³/mol. The summed E-state index contributed by atoms with van der Waals surface area (Å²) in [6.07, 6.45) is 4.27. The number of anilines is 1. The molecule has 2 aromatic heterocycles. The van der Waals surface area contributed by atoms with Gasteiger partial charge in [-0.1, -0.05) is 13.8 Å². The van der Waals surface area contributed by atoms with E-state index >= 15 is 0 Å². The molecule has 0 saturated heterocycles. The number of nitrogens with zero attached hydrogens (tertiary/aromatic N) is 3. The molecule has 1 atom stereocenters. The topological polar surface area (TPSA) is 32.6 Å². The van der Waals surface area contributed by atoms with Crippen LogP contribution < -0.4 is 10.2 Å². The van der Waals surface area contributed by atoms with Crippen molar-refractivity contribution >= 4 is 33.9 Å². The number of imidazole rings is 1. The van der Waals surface area contributed by atoms with E-state index in [1.807, 2.05) is 11.8 Å². The summed E-state index contributed by atoms with van der Waals surface area (Å²) in [6, 6.07) is 0.480. The number of rotatable bonds is 8. The van der Waals surface area contributed by atoms with Crippen molar-refractivity contribution in [3.05, 3.63) is 17.3 Å². The van der Waals surface area contributed by atoms with Crippen LogP contribution in [0.3, 0.4) is 0 Å². The van der Waals surface area contributed by atoms with Crippen molar-refractivity contribution < 1.29 is 0 Å². The molecule has 0 aliphatic heterocycles. The van der Waals surface area contributed by atoms with E-state index in [0.717, 1.165) is 29.6 Å². The summed E-state index contributed by atoms with van der Waals surface area (Å²) in [7, 11) is 2.15. The Morgan fingerprint density at radius 3 is 2.86 bits per heavy atom. The average molecular weight is 327 g/mol. The molecule has 2 heterocycles. The van der Waals surface area contributed by atoms with Crippen LogP contribution in [0.15, 0.2) is 11.6 Å². The summed E-state index contributed by atoms with van der Waals surface area (Å²) < 4.78 is 2.22. The van der Waals surface area contributed by atoms with Gasteiger partial charge in [0.2, 0.25) is 0 Å². The van der Waals surface area contributed by atoms with Gasteiger partial charge in [-0.3, -0.25) is 4.40 Å². The standard InChI is InChI=1S/C15H26N4S2/c1-11(2)8-16-9-13-14(18(4)12(3)10-20-5)17-15-19(13)6-7-21-15/h6-7,11-12,16H,8-10H2,1-5H3. The van der Waals surface area contributed by atoms with Crippen molar-refractivity contribution in [1.29, 1.82) is 0 Å². The molecule has 118 valence electrons. The Morgan fingerprint density at radius 2 is 2.19 bits per heavy atom. The summed E-state index contributed by atoms with van der Waals surface area (Å²) in [4.78, 5) is 8.22. The zero-order valence-electron chi connectivity index (χ0n) is 13.6. The Labute approximate surface area is 135 Å². The van der Waals surface area contributed by atoms with Crippen molar-refractivity contribution in [2.75, 3.05) is 30.5 Å². The number of thiazole rings is 1. The molecule has 2 rings (SSSR count). The smallest absolute Gasteiger partial charge is 0.195 e. The maximum absolute atomic E-state index is 4.83. The quantitative estimate of drug-likeness (QED) is 0.806. The van der Waals surface area contributed by atoms with Crippen molar-refractivity contribution in [1.82, 2.24) is 14.7 Å². The summed E-state index contributed by atoms with van der Waals surface area (Å²) in [5.74, 6) is 2.88. The molecule has 0 fully saturated rings. The third kappa shape index (κ3) is 3.93. The monoisotopic (exact) mass is 326 g/mol. The van der Waals surface area contributed by atoms with Gasteiger partial charge in [-0.2, -0.15) is 11.8 Å². The molecule has 6 heteroatoms. The fourth-order valence-corrected chi connectivity index (χ4v) is 3.74. The second-order valence-electron chi connectivity index (χ2n) is 5.88. The van der Waals surface area contributed by atoms with Gasteiger partial charge >= 0.3 is 0 Å². The maximum atomic E-state index is 4.83. The van der Waals surface area contributed by atoms with Crippen LogP contribution in [-0.2, 0) is 6.54 Å². The number of hydrogen-bond donors (Lipinski definition) is 1. The normalized spacial score (nSPS) is 13.2. The highest BCUT2D eigenvalue weighted by Gasteiger charge is 2.19. The van der Waals surface area contributed by atoms with Gasteiger partial charge < -0.3 is 10.2 Å². The van der Waals surface area contributed by atoms with Crippen LogP contribution in [0.2, 0.25) is 0 Å². The minimum Gasteiger partial charge on any atom is -0.355 e. The van der Waals surface area contributed by atoms with E-state index in [-0.39, 0.29) is 0 Å². The summed E-state index contributed by atoms with van der Waals surface area (Å²) in [6.45, 7) is 8.62. The Hall–Kier alpha value is -0.720. The van der Waals surface area contributed by atoms with E-state index in [2.05, 4.69) is 60.3 Å². The van der Waals surface area contributed by atoms with Crippen molar-refractivity contribution in [3.8, 4) is 0 Å². The predicted octanol–water partition coefficient (Wildman–Crippen LogP) is 3.33. The molecule has 21 heavy (non-hydrogen) atoms. The average Bonchev–Trinajstić information content (AvgIpc) is 3.00. The first kappa shape index (κ1) is 16.6. The number of thioether (sulfide) groups is 1. The zero-order chi connectivity index (χ0) is 15.4. The number of aromatic nitrogens is 2. The first-order chi connectivity index (χ1) is 10.0. The fraction of sp³-hybridized carbons (Fsp3) is 0.667. The second kappa shape index (κ2) is 7.51. The molecule has 0 radical (unpaired) electrons. The van der Waals surface area contributed by atoms with Crippen molar-refractivity contribution in [2.45, 2.75) is 33.4 Å². The van der Waals surface area contributed by atoms with Crippen LogP contribution in [0.1, 0.15) is 26.5 Å². The van der Waals surface area contributed by atoms with Gasteiger partial charge in [0.15, 0.2) is 10.8 Å². The minimum absolute atomic E-state index is 0.480. The van der Waals surface area contributed by atoms with E-state index in [9.17, 15) is 0 Å². The van der Waals surface area contributed by atoms with Gasteiger partial charge in [0, 0.05) is 37.0 Å². The van der Waals surface area contributed by atoms with Gasteiger partial charge in [-0.25, -0.2) is 4.98 Å². The van der Waals surface area contributed by atoms with E-state index in [0.29, 0.717) is 12.0 Å². The second-order valence-corrected chi connectivity index (χ2v) is 7.66. The molecule has 0 bridgehead atoms. The molecule has 4 nitrogen and oxygen atoms in total. The summed E-state index contributed by atoms with van der Waals surface area (Å²) in [5, 5.41) is 5.65. The van der Waals surface area contributed by atoms with Gasteiger partial charge in [0.1, 0.15) is 0 Å². The van der Waals surface area contributed by atoms with Crippen LogP contribution >= 0.6 is 23.1 Å². The molecular weight excluding hydrogens is 300 g/mol. The van der Waals surface area contributed by atoms with Crippen molar-refractivity contribution in [2.24, 2.45) is 5.92 Å². The van der Waals surface area contributed by atoms with Gasteiger partial charge in [0.25, 0.3) is 0 Å². The molecule has 0 saturated carbocycles. The molecule has 2 aromatic rings. The van der Waals surface area contributed by atoms with Crippen LogP contribution in [0, 0.1) is 5.92 Å². The molecule has 0 spiro atoms. The molecule has 0 aliphatic rings. The first-order valence-electron chi connectivity index (χ1n) is 7.41. The van der Waals surface area contributed by atoms with Gasteiger partial charge in [-0.05, 0) is 25.6 Å². The Bertz CT molecular complexity index is 561. The molecule has 0 aromatic carbocycles. The zero-order valence-corrected chi connectivity index (χ0v) is 15.2. The van der Waals surface area contributed by atoms with Crippen LogP contribution in [-0.4, -0.2) is 41.0 Å². The van der Waals surface area contributed by atoms with Crippen molar-refractivity contribution in [3.63, 3.8) is 0 Å². The Morgan fingerprint density at radius 1 is 1.43 bits per heavy atom. The largest absolute Gasteiger partial charge is 0.355 e. The number of hydrogen-bond acceptors (Lipinski definition) is 5. The summed E-state index contributed by atoms with van der Waals surface area (Å²) >= 11 is 3.58. The highest BCUT2D eigenvalue weighted by atomic mass is 32.2. The molecule has 0 amide bonds. The van der Waals surface area contributed by atoms with Gasteiger partial charge in [-0.15, -0.1) is 11.3 Å². The lowest BCUT2D eigenvalue weighted by Gasteiger charge is -2.25. The van der Waals surface area contributed by atoms with Crippen LogP contribution in [0.4, 0.5) is 5.82 Å². The lowest BCUT2D eigenvalue weighted by Crippen LogP contribution is -2.32. The fourth-order valence-electron chi connectivity index (χ4n) is 2.31. The minimum atomic E-state index is 0.480. The first-order valence-corrected chi connectivity index (χ1v) is 9.68. The third-order valence-electron chi connectivity index (χ3n) is 3.59. The van der Waals surface area contributed by atoms with Crippen LogP contribution in [0.5, 0.6) is 0 Å². The Kier molecular flexibility index (Phi) is 5.96. The lowest BCUT2D eigenvalue weighted by atomic mass is 10.2. The SMILES string of the molecule is CSCC(C)N(C)c1nc2sccn2c1CNCC(C)C.